The van der Waals surface area contributed by atoms with Crippen molar-refractivity contribution in [1.82, 2.24) is 5.32 Å². The topological polar surface area (TPSA) is 78.8 Å². The lowest BCUT2D eigenvalue weighted by Gasteiger charge is -2.10. The van der Waals surface area contributed by atoms with Crippen LogP contribution < -0.4 is 10.8 Å². The van der Waals surface area contributed by atoms with Crippen molar-refractivity contribution in [3.63, 3.8) is 0 Å². The van der Waals surface area contributed by atoms with Gasteiger partial charge in [-0.25, -0.2) is 4.79 Å². The van der Waals surface area contributed by atoms with Crippen LogP contribution in [0.5, 0.6) is 0 Å². The van der Waals surface area contributed by atoms with E-state index in [-0.39, 0.29) is 13.2 Å². The summed E-state index contributed by atoms with van der Waals surface area (Å²) in [6.45, 7) is 0.359. The number of benzene rings is 2. The molecule has 0 fully saturated rings. The molecular formula is C15H16BNO4. The lowest BCUT2D eigenvalue weighted by atomic mass is 9.77. The van der Waals surface area contributed by atoms with Crippen molar-refractivity contribution in [2.45, 2.75) is 13.2 Å². The van der Waals surface area contributed by atoms with Gasteiger partial charge in [-0.2, -0.15) is 0 Å². The van der Waals surface area contributed by atoms with E-state index >= 15 is 0 Å². The quantitative estimate of drug-likeness (QED) is 0.710. The van der Waals surface area contributed by atoms with Crippen LogP contribution in [0.4, 0.5) is 4.79 Å². The lowest BCUT2D eigenvalue weighted by molar-refractivity contribution is 0.139. The summed E-state index contributed by atoms with van der Waals surface area (Å²) in [5.41, 5.74) is 1.89. The number of hydrogen-bond donors (Lipinski definition) is 3. The van der Waals surface area contributed by atoms with E-state index in [4.69, 9.17) is 4.74 Å². The van der Waals surface area contributed by atoms with Crippen LogP contribution in [-0.2, 0) is 17.9 Å². The molecule has 0 aromatic heterocycles. The Morgan fingerprint density at radius 2 is 1.71 bits per heavy atom. The normalized spacial score (nSPS) is 10.0. The highest BCUT2D eigenvalue weighted by Crippen LogP contribution is 2.01. The molecule has 0 saturated heterocycles. The summed E-state index contributed by atoms with van der Waals surface area (Å²) in [4.78, 5) is 11.6. The van der Waals surface area contributed by atoms with Gasteiger partial charge in [0.05, 0.1) is 0 Å². The molecule has 0 heterocycles. The first kappa shape index (κ1) is 15.1. The molecule has 2 aromatic carbocycles. The van der Waals surface area contributed by atoms with Crippen LogP contribution >= 0.6 is 0 Å². The summed E-state index contributed by atoms with van der Waals surface area (Å²) < 4.78 is 5.08. The minimum absolute atomic E-state index is 0.168. The van der Waals surface area contributed by atoms with Gasteiger partial charge in [0.25, 0.3) is 0 Å². The van der Waals surface area contributed by atoms with Gasteiger partial charge in [0.15, 0.2) is 0 Å². The van der Waals surface area contributed by atoms with Crippen LogP contribution in [0.1, 0.15) is 11.1 Å². The number of alkyl carbamates (subject to hydrolysis) is 1. The molecule has 2 aromatic rings. The number of ether oxygens (including phenoxy) is 1. The number of amides is 1. The van der Waals surface area contributed by atoms with Crippen LogP contribution in [0, 0.1) is 0 Å². The van der Waals surface area contributed by atoms with E-state index in [0.717, 1.165) is 5.56 Å². The second-order valence-corrected chi connectivity index (χ2v) is 4.49. The molecule has 0 saturated carbocycles. The summed E-state index contributed by atoms with van der Waals surface area (Å²) >= 11 is 0. The SMILES string of the molecule is O=C(NCc1ccccc1B(O)O)OCc1ccccc1. The molecule has 0 unspecified atom stereocenters. The van der Waals surface area contributed by atoms with Gasteiger partial charge in [-0.3, -0.25) is 0 Å². The molecule has 3 N–H and O–H groups in total. The first-order valence-corrected chi connectivity index (χ1v) is 6.55. The Bertz CT molecular complexity index is 589. The Balaban J connectivity index is 1.84. The average molecular weight is 285 g/mol. The molecule has 0 bridgehead atoms. The molecule has 5 nitrogen and oxygen atoms in total. The minimum Gasteiger partial charge on any atom is -0.445 e. The zero-order valence-electron chi connectivity index (χ0n) is 11.4. The molecule has 108 valence electrons. The van der Waals surface area contributed by atoms with Gasteiger partial charge in [0.2, 0.25) is 0 Å². The van der Waals surface area contributed by atoms with E-state index in [1.165, 1.54) is 0 Å². The average Bonchev–Trinajstić information content (AvgIpc) is 2.52. The van der Waals surface area contributed by atoms with Crippen molar-refractivity contribution in [3.8, 4) is 0 Å². The maximum absolute atomic E-state index is 11.6. The van der Waals surface area contributed by atoms with Crippen LogP contribution in [0.15, 0.2) is 54.6 Å². The highest BCUT2D eigenvalue weighted by atomic mass is 16.5. The van der Waals surface area contributed by atoms with Crippen molar-refractivity contribution in [2.24, 2.45) is 0 Å². The third-order valence-corrected chi connectivity index (χ3v) is 2.97. The van der Waals surface area contributed by atoms with Gasteiger partial charge < -0.3 is 20.1 Å². The Morgan fingerprint density at radius 3 is 2.43 bits per heavy atom. The smallest absolute Gasteiger partial charge is 0.445 e. The Morgan fingerprint density at radius 1 is 1.05 bits per heavy atom. The first-order chi connectivity index (χ1) is 10.2. The molecule has 0 atom stereocenters. The molecule has 0 radical (unpaired) electrons. The van der Waals surface area contributed by atoms with E-state index < -0.39 is 13.2 Å². The van der Waals surface area contributed by atoms with Gasteiger partial charge >= 0.3 is 13.2 Å². The lowest BCUT2D eigenvalue weighted by Crippen LogP contribution is -2.35. The molecule has 0 aliphatic heterocycles. The number of carbonyl (C=O) groups excluding carboxylic acids is 1. The van der Waals surface area contributed by atoms with Gasteiger partial charge in [-0.05, 0) is 16.6 Å². The largest absolute Gasteiger partial charge is 0.488 e. The summed E-state index contributed by atoms with van der Waals surface area (Å²) in [5, 5.41) is 21.0. The highest BCUT2D eigenvalue weighted by molar-refractivity contribution is 6.59. The molecule has 0 aliphatic carbocycles. The molecule has 6 heteroatoms. The Kier molecular flexibility index (Phi) is 5.37. The number of hydrogen-bond acceptors (Lipinski definition) is 4. The monoisotopic (exact) mass is 285 g/mol. The zero-order valence-corrected chi connectivity index (χ0v) is 11.4. The van der Waals surface area contributed by atoms with Gasteiger partial charge in [-0.15, -0.1) is 0 Å². The van der Waals surface area contributed by atoms with E-state index in [1.807, 2.05) is 30.3 Å². The highest BCUT2D eigenvalue weighted by Gasteiger charge is 2.15. The van der Waals surface area contributed by atoms with E-state index in [1.54, 1.807) is 24.3 Å². The van der Waals surface area contributed by atoms with Crippen molar-refractivity contribution in [2.75, 3.05) is 0 Å². The molecular weight excluding hydrogens is 269 g/mol. The predicted molar refractivity (Wildman–Crippen MR) is 79.7 cm³/mol. The van der Waals surface area contributed by atoms with Gasteiger partial charge in [0, 0.05) is 6.54 Å². The summed E-state index contributed by atoms with van der Waals surface area (Å²) in [6.07, 6.45) is -0.555. The summed E-state index contributed by atoms with van der Waals surface area (Å²) in [6, 6.07) is 16.1. The van der Waals surface area contributed by atoms with Crippen LogP contribution in [0.25, 0.3) is 0 Å². The number of rotatable bonds is 5. The van der Waals surface area contributed by atoms with Crippen LogP contribution in [0.2, 0.25) is 0 Å². The van der Waals surface area contributed by atoms with E-state index in [9.17, 15) is 14.8 Å². The van der Waals surface area contributed by atoms with Crippen molar-refractivity contribution >= 4 is 18.7 Å². The number of carbonyl (C=O) groups is 1. The fraction of sp³-hybridized carbons (Fsp3) is 0.133. The maximum Gasteiger partial charge on any atom is 0.488 e. The Labute approximate surface area is 123 Å². The maximum atomic E-state index is 11.6. The van der Waals surface area contributed by atoms with Crippen LogP contribution in [-0.4, -0.2) is 23.3 Å². The van der Waals surface area contributed by atoms with Crippen LogP contribution in [0.3, 0.4) is 0 Å². The van der Waals surface area contributed by atoms with Gasteiger partial charge in [0.1, 0.15) is 6.61 Å². The number of nitrogens with one attached hydrogen (secondary N) is 1. The van der Waals surface area contributed by atoms with Crippen molar-refractivity contribution < 1.29 is 19.6 Å². The van der Waals surface area contributed by atoms with Crippen molar-refractivity contribution in [3.05, 3.63) is 65.7 Å². The predicted octanol–water partition coefficient (Wildman–Crippen LogP) is 0.793. The molecule has 2 rings (SSSR count). The third kappa shape index (κ3) is 4.63. The second kappa shape index (κ2) is 7.47. The fourth-order valence-electron chi connectivity index (χ4n) is 1.89. The van der Waals surface area contributed by atoms with E-state index in [2.05, 4.69) is 5.32 Å². The molecule has 0 aliphatic rings. The molecule has 1 amide bonds. The van der Waals surface area contributed by atoms with E-state index in [0.29, 0.717) is 11.0 Å². The Hall–Kier alpha value is -2.31. The minimum atomic E-state index is -1.57. The fourth-order valence-corrected chi connectivity index (χ4v) is 1.89. The molecule has 0 spiro atoms. The third-order valence-electron chi connectivity index (χ3n) is 2.97. The second-order valence-electron chi connectivity index (χ2n) is 4.49. The molecule has 21 heavy (non-hydrogen) atoms. The van der Waals surface area contributed by atoms with Crippen molar-refractivity contribution in [1.29, 1.82) is 0 Å². The zero-order chi connectivity index (χ0) is 15.1. The first-order valence-electron chi connectivity index (χ1n) is 6.55. The summed E-state index contributed by atoms with van der Waals surface area (Å²) in [5.74, 6) is 0. The van der Waals surface area contributed by atoms with Gasteiger partial charge in [-0.1, -0.05) is 54.6 Å². The standard InChI is InChI=1S/C15H16BNO4/c18-15(21-11-12-6-2-1-3-7-12)17-10-13-8-4-5-9-14(13)16(19)20/h1-9,19-20H,10-11H2,(H,17,18). The summed E-state index contributed by atoms with van der Waals surface area (Å²) in [7, 11) is -1.57.